The summed E-state index contributed by atoms with van der Waals surface area (Å²) in [6.45, 7) is 0. The maximum Gasteiger partial charge on any atom is 0.197 e. The summed E-state index contributed by atoms with van der Waals surface area (Å²) in [5, 5.41) is 8.04. The molecule has 6 aromatic carbocycles. The fourth-order valence-electron chi connectivity index (χ4n) is 6.07. The minimum atomic E-state index is 0.672. The van der Waals surface area contributed by atoms with Gasteiger partial charge >= 0.3 is 0 Å². The Labute approximate surface area is 228 Å². The molecular weight excluding hydrogens is 490 g/mol. The third kappa shape index (κ3) is 3.01. The summed E-state index contributed by atoms with van der Waals surface area (Å²) in [6, 6.07) is 44.4. The average molecular weight is 512 g/mol. The highest BCUT2D eigenvalue weighted by Gasteiger charge is 2.22. The van der Waals surface area contributed by atoms with Crippen LogP contribution in [0.1, 0.15) is 0 Å². The number of hydrogen-bond donors (Lipinski definition) is 0. The van der Waals surface area contributed by atoms with Crippen molar-refractivity contribution in [3.8, 4) is 17.2 Å². The standard InChI is InChI=1S/C36H21N3O/c1-2-10-22(11-3-1)35-37-33-29-19-24-13-5-7-15-26(24)21-32(29)40-34(33)36(38-35)39-30-17-9-8-16-27(30)28-18-23-12-4-6-14-25(23)20-31(28)39/h1-21H. The number of benzene rings is 6. The van der Waals surface area contributed by atoms with Gasteiger partial charge in [0.1, 0.15) is 11.1 Å². The van der Waals surface area contributed by atoms with Gasteiger partial charge in [0.15, 0.2) is 17.2 Å². The Hall–Kier alpha value is -5.48. The first-order chi connectivity index (χ1) is 19.8. The van der Waals surface area contributed by atoms with Crippen molar-refractivity contribution in [2.24, 2.45) is 0 Å². The summed E-state index contributed by atoms with van der Waals surface area (Å²) in [5.41, 5.74) is 5.44. The van der Waals surface area contributed by atoms with Crippen LogP contribution in [-0.2, 0) is 0 Å². The van der Waals surface area contributed by atoms with Gasteiger partial charge in [-0.2, -0.15) is 0 Å². The molecule has 0 N–H and O–H groups in total. The summed E-state index contributed by atoms with van der Waals surface area (Å²) in [7, 11) is 0. The fraction of sp³-hybridized carbons (Fsp3) is 0. The van der Waals surface area contributed by atoms with Gasteiger partial charge in [0.25, 0.3) is 0 Å². The maximum absolute atomic E-state index is 6.65. The number of fused-ring (bicyclic) bond motifs is 8. The van der Waals surface area contributed by atoms with E-state index >= 15 is 0 Å². The van der Waals surface area contributed by atoms with Gasteiger partial charge in [-0.3, -0.25) is 4.57 Å². The predicted molar refractivity (Wildman–Crippen MR) is 164 cm³/mol. The first kappa shape index (κ1) is 21.5. The van der Waals surface area contributed by atoms with Crippen LogP contribution in [0.2, 0.25) is 0 Å². The van der Waals surface area contributed by atoms with Crippen LogP contribution in [0.3, 0.4) is 0 Å². The first-order valence-corrected chi connectivity index (χ1v) is 13.4. The van der Waals surface area contributed by atoms with Crippen molar-refractivity contribution in [2.45, 2.75) is 0 Å². The van der Waals surface area contributed by atoms with E-state index in [0.717, 1.165) is 49.7 Å². The van der Waals surface area contributed by atoms with Crippen LogP contribution in [0.5, 0.6) is 0 Å². The quantitative estimate of drug-likeness (QED) is 0.232. The summed E-state index contributed by atoms with van der Waals surface area (Å²) in [4.78, 5) is 10.3. The summed E-state index contributed by atoms with van der Waals surface area (Å²) < 4.78 is 8.89. The highest BCUT2D eigenvalue weighted by molar-refractivity contribution is 6.15. The minimum Gasteiger partial charge on any atom is -0.450 e. The molecule has 0 atom stereocenters. The molecule has 0 saturated carbocycles. The highest BCUT2D eigenvalue weighted by atomic mass is 16.3. The van der Waals surface area contributed by atoms with Gasteiger partial charge in [-0.25, -0.2) is 9.97 Å². The Morgan fingerprint density at radius 2 is 1.12 bits per heavy atom. The van der Waals surface area contributed by atoms with Gasteiger partial charge in [0, 0.05) is 21.7 Å². The number of para-hydroxylation sites is 1. The molecule has 4 nitrogen and oxygen atoms in total. The molecule has 0 spiro atoms. The molecule has 0 saturated heterocycles. The molecule has 0 aliphatic rings. The lowest BCUT2D eigenvalue weighted by atomic mass is 10.1. The van der Waals surface area contributed by atoms with Gasteiger partial charge in [-0.15, -0.1) is 0 Å². The van der Waals surface area contributed by atoms with Gasteiger partial charge in [0.2, 0.25) is 0 Å². The van der Waals surface area contributed by atoms with Gasteiger partial charge in [-0.1, -0.05) is 97.1 Å². The zero-order chi connectivity index (χ0) is 26.2. The fourth-order valence-corrected chi connectivity index (χ4v) is 6.07. The van der Waals surface area contributed by atoms with Crippen molar-refractivity contribution in [3.05, 3.63) is 127 Å². The first-order valence-electron chi connectivity index (χ1n) is 13.4. The average Bonchev–Trinajstić information content (AvgIpc) is 3.53. The molecule has 0 aliphatic heterocycles. The molecule has 0 amide bonds. The Morgan fingerprint density at radius 1 is 0.500 bits per heavy atom. The number of rotatable bonds is 2. The van der Waals surface area contributed by atoms with Crippen LogP contribution < -0.4 is 0 Å². The van der Waals surface area contributed by atoms with E-state index in [2.05, 4.69) is 114 Å². The van der Waals surface area contributed by atoms with E-state index < -0.39 is 0 Å². The summed E-state index contributed by atoms with van der Waals surface area (Å²) in [6.07, 6.45) is 0. The van der Waals surface area contributed by atoms with Crippen molar-refractivity contribution < 1.29 is 4.42 Å². The minimum absolute atomic E-state index is 0.672. The number of nitrogens with zero attached hydrogens (tertiary/aromatic N) is 3. The van der Waals surface area contributed by atoms with Crippen LogP contribution >= 0.6 is 0 Å². The van der Waals surface area contributed by atoms with Crippen LogP contribution in [0, 0.1) is 0 Å². The molecule has 0 bridgehead atoms. The van der Waals surface area contributed by atoms with Gasteiger partial charge in [0.05, 0.1) is 11.0 Å². The van der Waals surface area contributed by atoms with Crippen LogP contribution in [0.15, 0.2) is 132 Å². The number of furan rings is 1. The molecule has 9 aromatic rings. The molecule has 0 aliphatic carbocycles. The van der Waals surface area contributed by atoms with Crippen LogP contribution in [0.25, 0.3) is 82.6 Å². The second-order valence-electron chi connectivity index (χ2n) is 10.3. The van der Waals surface area contributed by atoms with Crippen molar-refractivity contribution in [3.63, 3.8) is 0 Å². The molecule has 3 aromatic heterocycles. The molecule has 9 rings (SSSR count). The third-order valence-electron chi connectivity index (χ3n) is 7.95. The van der Waals surface area contributed by atoms with Crippen LogP contribution in [-0.4, -0.2) is 14.5 Å². The van der Waals surface area contributed by atoms with Gasteiger partial charge in [-0.05, 0) is 51.9 Å². The van der Waals surface area contributed by atoms with Crippen LogP contribution in [0.4, 0.5) is 0 Å². The maximum atomic E-state index is 6.65. The zero-order valence-electron chi connectivity index (χ0n) is 21.4. The largest absolute Gasteiger partial charge is 0.450 e. The van der Waals surface area contributed by atoms with E-state index in [9.17, 15) is 0 Å². The van der Waals surface area contributed by atoms with E-state index in [-0.39, 0.29) is 0 Å². The van der Waals surface area contributed by atoms with Crippen molar-refractivity contribution in [1.82, 2.24) is 14.5 Å². The van der Waals surface area contributed by atoms with E-state index in [0.29, 0.717) is 11.4 Å². The number of hydrogen-bond acceptors (Lipinski definition) is 3. The Kier molecular flexibility index (Phi) is 4.30. The lowest BCUT2D eigenvalue weighted by molar-refractivity contribution is 0.663. The molecule has 4 heteroatoms. The molecule has 40 heavy (non-hydrogen) atoms. The lowest BCUT2D eigenvalue weighted by Crippen LogP contribution is -2.01. The second-order valence-corrected chi connectivity index (χ2v) is 10.3. The molecule has 0 unspecified atom stereocenters. The van der Waals surface area contributed by atoms with E-state index in [1.54, 1.807) is 0 Å². The Bertz CT molecular complexity index is 2430. The topological polar surface area (TPSA) is 43.9 Å². The second kappa shape index (κ2) is 8.01. The molecule has 3 heterocycles. The predicted octanol–water partition coefficient (Wildman–Crippen LogP) is 9.45. The number of aromatic nitrogens is 3. The Morgan fingerprint density at radius 3 is 1.90 bits per heavy atom. The zero-order valence-corrected chi connectivity index (χ0v) is 21.4. The smallest absolute Gasteiger partial charge is 0.197 e. The van der Waals surface area contributed by atoms with Crippen molar-refractivity contribution in [2.75, 3.05) is 0 Å². The van der Waals surface area contributed by atoms with E-state index in [1.807, 2.05) is 18.2 Å². The summed E-state index contributed by atoms with van der Waals surface area (Å²) >= 11 is 0. The van der Waals surface area contributed by atoms with Crippen molar-refractivity contribution >= 4 is 65.4 Å². The normalized spacial score (nSPS) is 12.0. The molecule has 0 fully saturated rings. The Balaban J connectivity index is 1.48. The lowest BCUT2D eigenvalue weighted by Gasteiger charge is -2.10. The van der Waals surface area contributed by atoms with E-state index in [1.165, 1.54) is 21.5 Å². The molecule has 0 radical (unpaired) electrons. The highest BCUT2D eigenvalue weighted by Crippen LogP contribution is 2.39. The SMILES string of the molecule is c1ccc(-c2nc(-n3c4ccccc4c4cc5ccccc5cc43)c3oc4cc5ccccc5cc4c3n2)cc1. The molecular formula is C36H21N3O. The summed E-state index contributed by atoms with van der Waals surface area (Å²) in [5.74, 6) is 1.41. The van der Waals surface area contributed by atoms with Crippen molar-refractivity contribution in [1.29, 1.82) is 0 Å². The monoisotopic (exact) mass is 511 g/mol. The van der Waals surface area contributed by atoms with Gasteiger partial charge < -0.3 is 4.42 Å². The third-order valence-corrected chi connectivity index (χ3v) is 7.95. The van der Waals surface area contributed by atoms with E-state index in [4.69, 9.17) is 14.4 Å². The molecule has 186 valence electrons.